The van der Waals surface area contributed by atoms with Crippen LogP contribution in [0.4, 0.5) is 15.8 Å². The molecule has 4 N–H and O–H groups in total. The van der Waals surface area contributed by atoms with Crippen LogP contribution in [0.3, 0.4) is 0 Å². The summed E-state index contributed by atoms with van der Waals surface area (Å²) in [6, 6.07) is 2.55. The highest BCUT2D eigenvalue weighted by molar-refractivity contribution is 9.10. The number of amides is 2. The van der Waals surface area contributed by atoms with Gasteiger partial charge in [-0.05, 0) is 22.0 Å². The van der Waals surface area contributed by atoms with E-state index in [1.54, 1.807) is 0 Å². The zero-order valence-electron chi connectivity index (χ0n) is 9.32. The standard InChI is InChI=1S/C11H11BrFN3O2/c12-6-2-8(14)9(3-7(6)13)16-4-5(11(15)18)1-10(16)17/h2-3,5H,1,4,14H2,(H2,15,18). The van der Waals surface area contributed by atoms with Crippen molar-refractivity contribution >= 4 is 39.1 Å². The molecule has 0 aromatic heterocycles. The van der Waals surface area contributed by atoms with Crippen LogP contribution in [0.1, 0.15) is 6.42 Å². The number of anilines is 2. The normalized spacial score (nSPS) is 19.3. The fourth-order valence-corrected chi connectivity index (χ4v) is 2.28. The Morgan fingerprint density at radius 3 is 2.72 bits per heavy atom. The molecule has 1 aliphatic rings. The van der Waals surface area contributed by atoms with Gasteiger partial charge in [-0.15, -0.1) is 0 Å². The molecule has 0 aliphatic carbocycles. The van der Waals surface area contributed by atoms with E-state index in [2.05, 4.69) is 15.9 Å². The van der Waals surface area contributed by atoms with Gasteiger partial charge in [-0.2, -0.15) is 0 Å². The van der Waals surface area contributed by atoms with Crippen molar-refractivity contribution in [2.24, 2.45) is 11.7 Å². The molecule has 18 heavy (non-hydrogen) atoms. The Bertz CT molecular complexity index is 535. The Labute approximate surface area is 111 Å². The van der Waals surface area contributed by atoms with Gasteiger partial charge in [0.15, 0.2) is 0 Å². The number of primary amides is 1. The molecule has 1 unspecified atom stereocenters. The van der Waals surface area contributed by atoms with E-state index < -0.39 is 17.6 Å². The summed E-state index contributed by atoms with van der Waals surface area (Å²) >= 11 is 3.01. The van der Waals surface area contributed by atoms with Gasteiger partial charge in [0.25, 0.3) is 0 Å². The van der Waals surface area contributed by atoms with Gasteiger partial charge in [-0.1, -0.05) is 0 Å². The molecule has 1 fully saturated rings. The molecule has 1 aromatic carbocycles. The molecule has 1 aliphatic heterocycles. The van der Waals surface area contributed by atoms with Crippen molar-refractivity contribution in [3.05, 3.63) is 22.4 Å². The van der Waals surface area contributed by atoms with Crippen molar-refractivity contribution in [1.29, 1.82) is 0 Å². The van der Waals surface area contributed by atoms with Gasteiger partial charge in [-0.25, -0.2) is 4.39 Å². The Hall–Kier alpha value is -1.63. The highest BCUT2D eigenvalue weighted by atomic mass is 79.9. The van der Waals surface area contributed by atoms with E-state index in [4.69, 9.17) is 11.5 Å². The first-order chi connectivity index (χ1) is 8.40. The first kappa shape index (κ1) is 12.8. The molecule has 1 atom stereocenters. The molecule has 0 saturated carbocycles. The molecule has 96 valence electrons. The number of halogens is 2. The maximum atomic E-state index is 13.5. The Kier molecular flexibility index (Phi) is 3.25. The van der Waals surface area contributed by atoms with Crippen LogP contribution in [0.2, 0.25) is 0 Å². The third-order valence-electron chi connectivity index (χ3n) is 2.89. The number of nitrogens with two attached hydrogens (primary N) is 2. The van der Waals surface area contributed by atoms with Crippen LogP contribution in [-0.4, -0.2) is 18.4 Å². The lowest BCUT2D eigenvalue weighted by molar-refractivity contribution is -0.123. The lowest BCUT2D eigenvalue weighted by Crippen LogP contribution is -2.29. The summed E-state index contributed by atoms with van der Waals surface area (Å²) in [6.45, 7) is 0.138. The summed E-state index contributed by atoms with van der Waals surface area (Å²) in [7, 11) is 0. The molecular weight excluding hydrogens is 305 g/mol. The van der Waals surface area contributed by atoms with E-state index in [9.17, 15) is 14.0 Å². The fourth-order valence-electron chi connectivity index (χ4n) is 1.92. The minimum atomic E-state index is -0.552. The van der Waals surface area contributed by atoms with Gasteiger partial charge in [-0.3, -0.25) is 9.59 Å². The summed E-state index contributed by atoms with van der Waals surface area (Å²) < 4.78 is 13.7. The molecule has 5 nitrogen and oxygen atoms in total. The van der Waals surface area contributed by atoms with Crippen LogP contribution in [0.25, 0.3) is 0 Å². The molecule has 7 heteroatoms. The third kappa shape index (κ3) is 2.17. The molecule has 2 rings (SSSR count). The Morgan fingerprint density at radius 1 is 1.50 bits per heavy atom. The van der Waals surface area contributed by atoms with Gasteiger partial charge in [0.05, 0.1) is 21.8 Å². The van der Waals surface area contributed by atoms with Crippen LogP contribution in [0, 0.1) is 11.7 Å². The van der Waals surface area contributed by atoms with Crippen molar-refractivity contribution in [1.82, 2.24) is 0 Å². The highest BCUT2D eigenvalue weighted by Crippen LogP contribution is 2.33. The molecule has 1 heterocycles. The summed E-state index contributed by atoms with van der Waals surface area (Å²) in [5, 5.41) is 0. The second-order valence-electron chi connectivity index (χ2n) is 4.13. The Balaban J connectivity index is 2.35. The molecule has 2 amide bonds. The number of nitrogens with zero attached hydrogens (tertiary/aromatic N) is 1. The number of benzene rings is 1. The van der Waals surface area contributed by atoms with Crippen molar-refractivity contribution < 1.29 is 14.0 Å². The number of hydrogen-bond acceptors (Lipinski definition) is 3. The first-order valence-electron chi connectivity index (χ1n) is 5.24. The van der Waals surface area contributed by atoms with Crippen molar-refractivity contribution in [2.75, 3.05) is 17.2 Å². The summed E-state index contributed by atoms with van der Waals surface area (Å²) in [6.07, 6.45) is 0.0342. The number of carbonyl (C=O) groups excluding carboxylic acids is 2. The third-order valence-corrected chi connectivity index (χ3v) is 3.50. The molecular formula is C11H11BrFN3O2. The van der Waals surface area contributed by atoms with Crippen LogP contribution in [0.5, 0.6) is 0 Å². The second kappa shape index (κ2) is 4.56. The average Bonchev–Trinajstić information content (AvgIpc) is 2.66. The molecule has 0 spiro atoms. The molecule has 0 radical (unpaired) electrons. The van der Waals surface area contributed by atoms with Crippen LogP contribution in [0.15, 0.2) is 16.6 Å². The second-order valence-corrected chi connectivity index (χ2v) is 4.99. The predicted octanol–water partition coefficient (Wildman–Crippen LogP) is 1.01. The summed E-state index contributed by atoms with van der Waals surface area (Å²) in [5.74, 6) is -1.90. The zero-order chi connectivity index (χ0) is 13.4. The molecule has 1 aromatic rings. The van der Waals surface area contributed by atoms with Crippen molar-refractivity contribution in [3.63, 3.8) is 0 Å². The van der Waals surface area contributed by atoms with Gasteiger partial charge >= 0.3 is 0 Å². The zero-order valence-corrected chi connectivity index (χ0v) is 10.9. The van der Waals surface area contributed by atoms with Crippen LogP contribution in [-0.2, 0) is 9.59 Å². The summed E-state index contributed by atoms with van der Waals surface area (Å²) in [4.78, 5) is 24.1. The van der Waals surface area contributed by atoms with E-state index in [1.807, 2.05) is 0 Å². The van der Waals surface area contributed by atoms with E-state index in [0.29, 0.717) is 0 Å². The van der Waals surface area contributed by atoms with Crippen LogP contribution < -0.4 is 16.4 Å². The summed E-state index contributed by atoms with van der Waals surface area (Å²) in [5.41, 5.74) is 11.4. The minimum absolute atomic E-state index is 0.0342. The van der Waals surface area contributed by atoms with E-state index in [0.717, 1.165) is 0 Å². The van der Waals surface area contributed by atoms with E-state index in [1.165, 1.54) is 17.0 Å². The van der Waals surface area contributed by atoms with Crippen molar-refractivity contribution in [3.8, 4) is 0 Å². The lowest BCUT2D eigenvalue weighted by Gasteiger charge is -2.18. The fraction of sp³-hybridized carbons (Fsp3) is 0.273. The maximum Gasteiger partial charge on any atom is 0.227 e. The topological polar surface area (TPSA) is 89.4 Å². The van der Waals surface area contributed by atoms with E-state index >= 15 is 0 Å². The van der Waals surface area contributed by atoms with Gasteiger partial charge in [0.2, 0.25) is 11.8 Å². The first-order valence-corrected chi connectivity index (χ1v) is 6.03. The van der Waals surface area contributed by atoms with E-state index in [-0.39, 0.29) is 34.7 Å². The maximum absolute atomic E-state index is 13.5. The predicted molar refractivity (Wildman–Crippen MR) is 68.2 cm³/mol. The molecule has 1 saturated heterocycles. The Morgan fingerprint density at radius 2 is 2.17 bits per heavy atom. The number of hydrogen-bond donors (Lipinski definition) is 2. The number of nitrogen functional groups attached to an aromatic ring is 1. The van der Waals surface area contributed by atoms with Crippen molar-refractivity contribution in [2.45, 2.75) is 6.42 Å². The smallest absolute Gasteiger partial charge is 0.227 e. The van der Waals surface area contributed by atoms with Gasteiger partial charge in [0.1, 0.15) is 5.82 Å². The monoisotopic (exact) mass is 315 g/mol. The minimum Gasteiger partial charge on any atom is -0.397 e. The van der Waals surface area contributed by atoms with Gasteiger partial charge < -0.3 is 16.4 Å². The lowest BCUT2D eigenvalue weighted by atomic mass is 10.1. The largest absolute Gasteiger partial charge is 0.397 e. The quantitative estimate of drug-likeness (QED) is 0.798. The number of rotatable bonds is 2. The SMILES string of the molecule is NC(=O)C1CC(=O)N(c2cc(F)c(Br)cc2N)C1. The highest BCUT2D eigenvalue weighted by Gasteiger charge is 2.35. The molecule has 0 bridgehead atoms. The van der Waals surface area contributed by atoms with Gasteiger partial charge in [0, 0.05) is 19.0 Å². The average molecular weight is 316 g/mol. The van der Waals surface area contributed by atoms with Crippen LogP contribution >= 0.6 is 15.9 Å². The number of carbonyl (C=O) groups is 2.